The predicted octanol–water partition coefficient (Wildman–Crippen LogP) is 4.20. The second-order valence-corrected chi connectivity index (χ2v) is 9.07. The number of carbonyl (C=O) groups is 1. The molecule has 1 aromatic carbocycles. The van der Waals surface area contributed by atoms with E-state index in [0.717, 1.165) is 34.1 Å². The number of rotatable bonds is 9. The molecule has 0 atom stereocenters. The van der Waals surface area contributed by atoms with E-state index in [1.807, 2.05) is 43.5 Å². The van der Waals surface area contributed by atoms with Crippen molar-refractivity contribution in [3.8, 4) is 5.75 Å². The third kappa shape index (κ3) is 5.37. The van der Waals surface area contributed by atoms with Gasteiger partial charge in [-0.2, -0.15) is 0 Å². The molecule has 0 unspecified atom stereocenters. The molecule has 0 saturated heterocycles. The Labute approximate surface area is 184 Å². The van der Waals surface area contributed by atoms with Gasteiger partial charge in [0.1, 0.15) is 17.4 Å². The summed E-state index contributed by atoms with van der Waals surface area (Å²) >= 11 is 2.73. The Kier molecular flexibility index (Phi) is 7.43. The first-order chi connectivity index (χ1) is 14.4. The van der Waals surface area contributed by atoms with Crippen LogP contribution in [0.2, 0.25) is 0 Å². The van der Waals surface area contributed by atoms with Gasteiger partial charge in [0, 0.05) is 6.04 Å². The lowest BCUT2D eigenvalue weighted by Gasteiger charge is -2.15. The molecular weight excluding hydrogens is 420 g/mol. The Bertz CT molecular complexity index is 994. The summed E-state index contributed by atoms with van der Waals surface area (Å²) in [6.45, 7) is 10.5. The van der Waals surface area contributed by atoms with Crippen LogP contribution in [0.5, 0.6) is 5.75 Å². The molecule has 0 fully saturated rings. The smallest absolute Gasteiger partial charge is 0.236 e. The maximum Gasteiger partial charge on any atom is 0.236 e. The molecule has 3 aromatic rings. The van der Waals surface area contributed by atoms with Gasteiger partial charge in [0.25, 0.3) is 0 Å². The fraction of sp³-hybridized carbons (Fsp3) is 0.450. The molecule has 0 aliphatic heterocycles. The third-order valence-corrected chi connectivity index (χ3v) is 6.28. The van der Waals surface area contributed by atoms with Gasteiger partial charge in [0.2, 0.25) is 11.0 Å². The first-order valence-electron chi connectivity index (χ1n) is 9.76. The highest BCUT2D eigenvalue weighted by Crippen LogP contribution is 2.26. The minimum atomic E-state index is -0.148. The van der Waals surface area contributed by atoms with Crippen molar-refractivity contribution in [3.63, 3.8) is 0 Å². The molecule has 1 amide bonds. The largest absolute Gasteiger partial charge is 0.485 e. The molecule has 160 valence electrons. The maximum absolute atomic E-state index is 12.3. The summed E-state index contributed by atoms with van der Waals surface area (Å²) in [4.78, 5) is 12.3. The fourth-order valence-corrected chi connectivity index (χ4v) is 4.50. The Balaban J connectivity index is 1.64. The van der Waals surface area contributed by atoms with E-state index >= 15 is 0 Å². The number of hydrogen-bond acceptors (Lipinski definition) is 8. The van der Waals surface area contributed by atoms with Crippen LogP contribution in [0, 0.1) is 13.8 Å². The van der Waals surface area contributed by atoms with E-state index in [1.54, 1.807) is 0 Å². The lowest BCUT2D eigenvalue weighted by Crippen LogP contribution is -2.15. The minimum absolute atomic E-state index is 0.136. The van der Waals surface area contributed by atoms with E-state index in [4.69, 9.17) is 4.74 Å². The molecule has 10 heteroatoms. The maximum atomic E-state index is 12.3. The van der Waals surface area contributed by atoms with Crippen molar-refractivity contribution < 1.29 is 9.53 Å². The zero-order valence-corrected chi connectivity index (χ0v) is 19.4. The van der Waals surface area contributed by atoms with Crippen LogP contribution in [-0.4, -0.2) is 36.6 Å². The van der Waals surface area contributed by atoms with E-state index in [-0.39, 0.29) is 17.7 Å². The lowest BCUT2D eigenvalue weighted by molar-refractivity contribution is -0.113. The average molecular weight is 447 g/mol. The van der Waals surface area contributed by atoms with Crippen molar-refractivity contribution in [2.75, 3.05) is 11.1 Å². The molecule has 2 heterocycles. The zero-order chi connectivity index (χ0) is 21.7. The van der Waals surface area contributed by atoms with Gasteiger partial charge in [-0.1, -0.05) is 48.2 Å². The molecule has 1 N–H and O–H groups in total. The Hall–Kier alpha value is -2.46. The molecule has 0 saturated carbocycles. The van der Waals surface area contributed by atoms with Gasteiger partial charge >= 0.3 is 0 Å². The van der Waals surface area contributed by atoms with Gasteiger partial charge in [-0.05, 0) is 45.2 Å². The Morgan fingerprint density at radius 3 is 2.57 bits per heavy atom. The van der Waals surface area contributed by atoms with E-state index in [2.05, 4.69) is 39.6 Å². The highest BCUT2D eigenvalue weighted by molar-refractivity contribution is 7.99. The lowest BCUT2D eigenvalue weighted by atomic mass is 10.1. The van der Waals surface area contributed by atoms with Crippen LogP contribution in [0.15, 0.2) is 23.4 Å². The highest BCUT2D eigenvalue weighted by atomic mass is 32.2. The van der Waals surface area contributed by atoms with Crippen molar-refractivity contribution in [2.24, 2.45) is 0 Å². The predicted molar refractivity (Wildman–Crippen MR) is 119 cm³/mol. The molecule has 0 aliphatic carbocycles. The first-order valence-corrected chi connectivity index (χ1v) is 11.6. The van der Waals surface area contributed by atoms with Gasteiger partial charge in [0.15, 0.2) is 11.0 Å². The van der Waals surface area contributed by atoms with Gasteiger partial charge in [-0.25, -0.2) is 0 Å². The van der Waals surface area contributed by atoms with E-state index < -0.39 is 0 Å². The van der Waals surface area contributed by atoms with Crippen LogP contribution in [0.3, 0.4) is 0 Å². The zero-order valence-electron chi connectivity index (χ0n) is 17.8. The van der Waals surface area contributed by atoms with Crippen molar-refractivity contribution >= 4 is 34.1 Å². The number of nitrogens with zero attached hydrogens (tertiary/aromatic N) is 5. The van der Waals surface area contributed by atoms with Crippen molar-refractivity contribution in [1.29, 1.82) is 0 Å². The molecule has 0 aliphatic rings. The summed E-state index contributed by atoms with van der Waals surface area (Å²) in [7, 11) is 0. The fourth-order valence-electron chi connectivity index (χ4n) is 2.92. The van der Waals surface area contributed by atoms with Crippen LogP contribution < -0.4 is 10.1 Å². The van der Waals surface area contributed by atoms with E-state index in [9.17, 15) is 4.79 Å². The molecule has 0 bridgehead atoms. The monoisotopic (exact) mass is 446 g/mol. The van der Waals surface area contributed by atoms with Gasteiger partial charge < -0.3 is 9.30 Å². The summed E-state index contributed by atoms with van der Waals surface area (Å²) in [5.41, 5.74) is 2.17. The second-order valence-electron chi connectivity index (χ2n) is 7.06. The summed E-state index contributed by atoms with van der Waals surface area (Å²) < 4.78 is 8.06. The molecular formula is C20H26N6O2S2. The molecule has 30 heavy (non-hydrogen) atoms. The number of carbonyl (C=O) groups excluding carboxylic acids is 1. The van der Waals surface area contributed by atoms with Crippen molar-refractivity contribution in [1.82, 2.24) is 25.0 Å². The van der Waals surface area contributed by atoms with E-state index in [1.165, 1.54) is 23.1 Å². The number of amides is 1. The minimum Gasteiger partial charge on any atom is -0.485 e. The van der Waals surface area contributed by atoms with Crippen LogP contribution in [0.25, 0.3) is 0 Å². The normalized spacial score (nSPS) is 11.1. The van der Waals surface area contributed by atoms with Crippen molar-refractivity contribution in [2.45, 2.75) is 58.8 Å². The number of para-hydroxylation sites is 1. The standard InChI is InChI=1S/C20H26N6O2S2/c1-6-17-23-24-19(30-17)21-16(27)11-29-20-25-22-15(26(20)12(2)3)10-28-18-13(4)8-7-9-14(18)5/h7-9,12H,6,10-11H2,1-5H3,(H,21,24,27). The van der Waals surface area contributed by atoms with Crippen LogP contribution in [0.1, 0.15) is 48.8 Å². The topological polar surface area (TPSA) is 94.8 Å². The summed E-state index contributed by atoms with van der Waals surface area (Å²) in [6.07, 6.45) is 0.798. The van der Waals surface area contributed by atoms with Gasteiger partial charge in [-0.3, -0.25) is 10.1 Å². The van der Waals surface area contributed by atoms with Crippen LogP contribution in [-0.2, 0) is 17.8 Å². The third-order valence-electron chi connectivity index (χ3n) is 4.35. The number of aromatic nitrogens is 5. The molecule has 2 aromatic heterocycles. The first kappa shape index (κ1) is 22.2. The molecule has 0 spiro atoms. The molecule has 8 nitrogen and oxygen atoms in total. The number of hydrogen-bond donors (Lipinski definition) is 1. The van der Waals surface area contributed by atoms with Gasteiger partial charge in [0.05, 0.1) is 5.75 Å². The summed E-state index contributed by atoms with van der Waals surface area (Å²) in [5, 5.41) is 21.5. The molecule has 3 rings (SSSR count). The number of thioether (sulfide) groups is 1. The average Bonchev–Trinajstić information content (AvgIpc) is 3.32. The SMILES string of the molecule is CCc1nnc(NC(=O)CSc2nnc(COc3c(C)cccc3C)n2C(C)C)s1. The van der Waals surface area contributed by atoms with E-state index in [0.29, 0.717) is 16.9 Å². The molecule has 0 radical (unpaired) electrons. The number of ether oxygens (including phenoxy) is 1. The highest BCUT2D eigenvalue weighted by Gasteiger charge is 2.18. The second kappa shape index (κ2) is 10.0. The number of benzene rings is 1. The van der Waals surface area contributed by atoms with Gasteiger partial charge in [-0.15, -0.1) is 20.4 Å². The van der Waals surface area contributed by atoms with Crippen LogP contribution in [0.4, 0.5) is 5.13 Å². The summed E-state index contributed by atoms with van der Waals surface area (Å²) in [6, 6.07) is 6.20. The Morgan fingerprint density at radius 1 is 1.20 bits per heavy atom. The number of aryl methyl sites for hydroxylation is 3. The van der Waals surface area contributed by atoms with Crippen molar-refractivity contribution in [3.05, 3.63) is 40.2 Å². The van der Waals surface area contributed by atoms with Crippen LogP contribution >= 0.6 is 23.1 Å². The quantitative estimate of drug-likeness (QED) is 0.492. The number of nitrogens with one attached hydrogen (secondary N) is 1. The number of anilines is 1. The Morgan fingerprint density at radius 2 is 1.93 bits per heavy atom. The summed E-state index contributed by atoms with van der Waals surface area (Å²) in [5.74, 6) is 1.66.